The molecule has 0 aromatic heterocycles. The van der Waals surface area contributed by atoms with Crippen molar-refractivity contribution >= 4 is 11.5 Å². The largest absolute Gasteiger partial charge is 0.384 e. The Morgan fingerprint density at radius 3 is 2.37 bits per heavy atom. The van der Waals surface area contributed by atoms with Crippen LogP contribution in [0.25, 0.3) is 0 Å². The van der Waals surface area contributed by atoms with E-state index in [0.29, 0.717) is 18.7 Å². The minimum atomic E-state index is -0.403. The lowest BCUT2D eigenvalue weighted by Gasteiger charge is -2.21. The van der Waals surface area contributed by atoms with Gasteiger partial charge in [0.05, 0.1) is 0 Å². The van der Waals surface area contributed by atoms with Crippen molar-refractivity contribution in [2.75, 3.05) is 32.2 Å². The summed E-state index contributed by atoms with van der Waals surface area (Å²) < 4.78 is 24.0. The van der Waals surface area contributed by atoms with Crippen LogP contribution in [0, 0.1) is 11.2 Å². The normalized spacial score (nSPS) is 22.8. The van der Waals surface area contributed by atoms with Gasteiger partial charge in [-0.2, -0.15) is 0 Å². The molecule has 5 nitrogen and oxygen atoms in total. The van der Waals surface area contributed by atoms with Crippen molar-refractivity contribution in [3.05, 3.63) is 29.6 Å². The van der Waals surface area contributed by atoms with Crippen LogP contribution in [0.3, 0.4) is 0 Å². The molecule has 2 rings (SSSR count). The molecule has 2 atom stereocenters. The summed E-state index contributed by atoms with van der Waals surface area (Å²) in [6, 6.07) is 4.28. The SMILES string of the molecule is COC1CN(c2ccc(F)cc2C(=N)N)CC1OC. The fraction of sp³-hybridized carbons (Fsp3) is 0.462. The van der Waals surface area contributed by atoms with E-state index in [2.05, 4.69) is 0 Å². The van der Waals surface area contributed by atoms with Crippen LogP contribution in [0.5, 0.6) is 0 Å². The third kappa shape index (κ3) is 2.69. The molecule has 1 aliphatic heterocycles. The van der Waals surface area contributed by atoms with Crippen LogP contribution in [-0.2, 0) is 9.47 Å². The zero-order valence-electron chi connectivity index (χ0n) is 11.0. The van der Waals surface area contributed by atoms with E-state index in [1.807, 2.05) is 4.90 Å². The van der Waals surface area contributed by atoms with E-state index in [4.69, 9.17) is 20.6 Å². The van der Waals surface area contributed by atoms with Crippen LogP contribution in [0.2, 0.25) is 0 Å². The molecule has 0 amide bonds. The summed E-state index contributed by atoms with van der Waals surface area (Å²) in [6.45, 7) is 1.25. The molecule has 1 heterocycles. The summed E-state index contributed by atoms with van der Waals surface area (Å²) in [5.41, 5.74) is 6.64. The number of benzene rings is 1. The van der Waals surface area contributed by atoms with E-state index in [-0.39, 0.29) is 18.0 Å². The number of methoxy groups -OCH3 is 2. The third-order valence-corrected chi connectivity index (χ3v) is 3.41. The second kappa shape index (κ2) is 5.54. The summed E-state index contributed by atoms with van der Waals surface area (Å²) in [5.74, 6) is -0.552. The lowest BCUT2D eigenvalue weighted by atomic mass is 10.1. The lowest BCUT2D eigenvalue weighted by Crippen LogP contribution is -2.27. The smallest absolute Gasteiger partial charge is 0.125 e. The maximum Gasteiger partial charge on any atom is 0.125 e. The Morgan fingerprint density at radius 1 is 1.32 bits per heavy atom. The molecule has 0 radical (unpaired) electrons. The van der Waals surface area contributed by atoms with Gasteiger partial charge in [0.2, 0.25) is 0 Å². The zero-order valence-corrected chi connectivity index (χ0v) is 11.0. The Balaban J connectivity index is 2.30. The van der Waals surface area contributed by atoms with Crippen molar-refractivity contribution in [3.8, 4) is 0 Å². The predicted octanol–water partition coefficient (Wildman–Crippen LogP) is 0.960. The number of nitrogens with two attached hydrogens (primary N) is 1. The van der Waals surface area contributed by atoms with Gasteiger partial charge in [0, 0.05) is 38.6 Å². The maximum absolute atomic E-state index is 13.3. The summed E-state index contributed by atoms with van der Waals surface area (Å²) in [6.07, 6.45) is -0.0928. The highest BCUT2D eigenvalue weighted by atomic mass is 19.1. The summed E-state index contributed by atoms with van der Waals surface area (Å²) in [4.78, 5) is 2.00. The highest BCUT2D eigenvalue weighted by Gasteiger charge is 2.34. The monoisotopic (exact) mass is 267 g/mol. The van der Waals surface area contributed by atoms with Gasteiger partial charge < -0.3 is 20.1 Å². The van der Waals surface area contributed by atoms with Crippen LogP contribution in [0.4, 0.5) is 10.1 Å². The number of amidine groups is 1. The maximum atomic E-state index is 13.3. The van der Waals surface area contributed by atoms with Gasteiger partial charge in [-0.05, 0) is 18.2 Å². The Hall–Kier alpha value is -1.66. The predicted molar refractivity (Wildman–Crippen MR) is 71.2 cm³/mol. The van der Waals surface area contributed by atoms with Gasteiger partial charge in [0.25, 0.3) is 0 Å². The van der Waals surface area contributed by atoms with E-state index in [1.165, 1.54) is 12.1 Å². The van der Waals surface area contributed by atoms with Crippen molar-refractivity contribution < 1.29 is 13.9 Å². The molecule has 1 fully saturated rings. The Morgan fingerprint density at radius 2 is 1.89 bits per heavy atom. The average Bonchev–Trinajstić information content (AvgIpc) is 2.81. The first-order chi connectivity index (χ1) is 9.06. The van der Waals surface area contributed by atoms with Gasteiger partial charge in [-0.15, -0.1) is 0 Å². The fourth-order valence-corrected chi connectivity index (χ4v) is 2.39. The van der Waals surface area contributed by atoms with Crippen molar-refractivity contribution in [2.45, 2.75) is 12.2 Å². The minimum absolute atomic E-state index is 0.0464. The van der Waals surface area contributed by atoms with Crippen LogP contribution in [0.1, 0.15) is 5.56 Å². The molecule has 1 aliphatic rings. The number of nitrogen functional groups attached to an aromatic ring is 1. The summed E-state index contributed by atoms with van der Waals surface area (Å²) in [5, 5.41) is 7.55. The lowest BCUT2D eigenvalue weighted by molar-refractivity contribution is -0.00461. The van der Waals surface area contributed by atoms with Crippen LogP contribution < -0.4 is 10.6 Å². The molecule has 1 aromatic carbocycles. The molecule has 0 bridgehead atoms. The van der Waals surface area contributed by atoms with Gasteiger partial charge in [0.15, 0.2) is 0 Å². The van der Waals surface area contributed by atoms with Crippen molar-refractivity contribution in [3.63, 3.8) is 0 Å². The van der Waals surface area contributed by atoms with Gasteiger partial charge >= 0.3 is 0 Å². The Labute approximate surface area is 111 Å². The molecule has 0 saturated carbocycles. The molecule has 104 valence electrons. The number of halogens is 1. The summed E-state index contributed by atoms with van der Waals surface area (Å²) >= 11 is 0. The highest BCUT2D eigenvalue weighted by Crippen LogP contribution is 2.27. The molecule has 1 aromatic rings. The van der Waals surface area contributed by atoms with Crippen LogP contribution >= 0.6 is 0 Å². The van der Waals surface area contributed by atoms with E-state index in [1.54, 1.807) is 20.3 Å². The second-order valence-electron chi connectivity index (χ2n) is 4.53. The molecular formula is C13H18FN3O2. The van der Waals surface area contributed by atoms with Gasteiger partial charge in [-0.25, -0.2) is 4.39 Å². The summed E-state index contributed by atoms with van der Waals surface area (Å²) in [7, 11) is 3.27. The van der Waals surface area contributed by atoms with Gasteiger partial charge in [-0.1, -0.05) is 0 Å². The third-order valence-electron chi connectivity index (χ3n) is 3.41. The second-order valence-corrected chi connectivity index (χ2v) is 4.53. The van der Waals surface area contributed by atoms with E-state index in [9.17, 15) is 4.39 Å². The van der Waals surface area contributed by atoms with E-state index >= 15 is 0 Å². The molecule has 6 heteroatoms. The molecular weight excluding hydrogens is 249 g/mol. The standard InChI is InChI=1S/C13H18FN3O2/c1-18-11-6-17(7-12(11)19-2)10-4-3-8(14)5-9(10)13(15)16/h3-5,11-12H,6-7H2,1-2H3,(H3,15,16). The van der Waals surface area contributed by atoms with Crippen molar-refractivity contribution in [2.24, 2.45) is 5.73 Å². The number of hydrogen-bond acceptors (Lipinski definition) is 4. The number of ether oxygens (including phenoxy) is 2. The van der Waals surface area contributed by atoms with Gasteiger partial charge in [0.1, 0.15) is 23.9 Å². The first-order valence-electron chi connectivity index (χ1n) is 6.01. The Bertz CT molecular complexity index is 469. The average molecular weight is 267 g/mol. The van der Waals surface area contributed by atoms with Crippen molar-refractivity contribution in [1.82, 2.24) is 0 Å². The van der Waals surface area contributed by atoms with Crippen LogP contribution in [0.15, 0.2) is 18.2 Å². The quantitative estimate of drug-likeness (QED) is 0.629. The van der Waals surface area contributed by atoms with Crippen molar-refractivity contribution in [1.29, 1.82) is 5.41 Å². The molecule has 3 N–H and O–H groups in total. The molecule has 19 heavy (non-hydrogen) atoms. The highest BCUT2D eigenvalue weighted by molar-refractivity contribution is 6.00. The molecule has 0 spiro atoms. The topological polar surface area (TPSA) is 71.6 Å². The minimum Gasteiger partial charge on any atom is -0.384 e. The molecule has 2 unspecified atom stereocenters. The van der Waals surface area contributed by atoms with E-state index in [0.717, 1.165) is 5.69 Å². The first kappa shape index (κ1) is 13.8. The van der Waals surface area contributed by atoms with E-state index < -0.39 is 5.82 Å². The molecule has 0 aliphatic carbocycles. The first-order valence-corrected chi connectivity index (χ1v) is 6.01. The number of nitrogens with zero attached hydrogens (tertiary/aromatic N) is 1. The number of anilines is 1. The number of hydrogen-bond donors (Lipinski definition) is 2. The fourth-order valence-electron chi connectivity index (χ4n) is 2.39. The van der Waals surface area contributed by atoms with Crippen LogP contribution in [-0.4, -0.2) is 45.4 Å². The number of rotatable bonds is 4. The number of nitrogens with one attached hydrogen (secondary N) is 1. The van der Waals surface area contributed by atoms with Gasteiger partial charge in [-0.3, -0.25) is 5.41 Å². The Kier molecular flexibility index (Phi) is 4.01. The zero-order chi connectivity index (χ0) is 14.0. The molecule has 1 saturated heterocycles.